The van der Waals surface area contributed by atoms with E-state index in [9.17, 15) is 10.2 Å². The first-order valence-corrected chi connectivity index (χ1v) is 5.05. The summed E-state index contributed by atoms with van der Waals surface area (Å²) in [6.45, 7) is 1.83. The van der Waals surface area contributed by atoms with E-state index in [0.29, 0.717) is 6.42 Å². The quantitative estimate of drug-likeness (QED) is 0.767. The smallest absolute Gasteiger partial charge is 0.0793 e. The third-order valence-electron chi connectivity index (χ3n) is 3.07. The number of rotatable bonds is 3. The normalized spacial score (nSPS) is 32.6. The fourth-order valence-corrected chi connectivity index (χ4v) is 1.86. The molecule has 0 aromatic heterocycles. The van der Waals surface area contributed by atoms with Gasteiger partial charge in [-0.3, -0.25) is 0 Å². The summed E-state index contributed by atoms with van der Waals surface area (Å²) in [5.41, 5.74) is 0.408. The molecule has 2 heteroatoms. The van der Waals surface area contributed by atoms with Crippen LogP contribution in [0.5, 0.6) is 0 Å². The van der Waals surface area contributed by atoms with Crippen molar-refractivity contribution < 1.29 is 10.2 Å². The van der Waals surface area contributed by atoms with Crippen LogP contribution in [0.4, 0.5) is 0 Å². The molecule has 1 aromatic rings. The van der Waals surface area contributed by atoms with Crippen molar-refractivity contribution in [1.29, 1.82) is 0 Å². The number of hydrogen-bond donors (Lipinski definition) is 2. The van der Waals surface area contributed by atoms with Gasteiger partial charge in [-0.05, 0) is 31.2 Å². The molecule has 0 spiro atoms. The van der Waals surface area contributed by atoms with Crippen molar-refractivity contribution >= 4 is 0 Å². The fraction of sp³-hybridized carbons (Fsp3) is 0.500. The van der Waals surface area contributed by atoms with E-state index in [1.165, 1.54) is 0 Å². The maximum absolute atomic E-state index is 9.85. The summed E-state index contributed by atoms with van der Waals surface area (Å²) in [5, 5.41) is 19.4. The van der Waals surface area contributed by atoms with Crippen LogP contribution in [0.2, 0.25) is 0 Å². The monoisotopic (exact) mass is 192 g/mol. The van der Waals surface area contributed by atoms with E-state index in [4.69, 9.17) is 0 Å². The van der Waals surface area contributed by atoms with E-state index in [1.54, 1.807) is 0 Å². The molecule has 0 amide bonds. The molecule has 1 aromatic carbocycles. The summed E-state index contributed by atoms with van der Waals surface area (Å²) in [5.74, 6) is 0.262. The van der Waals surface area contributed by atoms with E-state index >= 15 is 0 Å². The van der Waals surface area contributed by atoms with Gasteiger partial charge in [-0.15, -0.1) is 0 Å². The van der Waals surface area contributed by atoms with Gasteiger partial charge >= 0.3 is 0 Å². The maximum Gasteiger partial charge on any atom is 0.0793 e. The zero-order valence-corrected chi connectivity index (χ0v) is 8.35. The Kier molecular flexibility index (Phi) is 2.33. The average Bonchev–Trinajstić information content (AvgIpc) is 2.75. The summed E-state index contributed by atoms with van der Waals surface area (Å²) in [6.07, 6.45) is 1.05. The van der Waals surface area contributed by atoms with Gasteiger partial charge in [-0.2, -0.15) is 0 Å². The van der Waals surface area contributed by atoms with E-state index in [0.717, 1.165) is 12.0 Å². The highest BCUT2D eigenvalue weighted by Crippen LogP contribution is 2.47. The molecule has 1 aliphatic rings. The van der Waals surface area contributed by atoms with E-state index < -0.39 is 11.7 Å². The van der Waals surface area contributed by atoms with Crippen molar-refractivity contribution in [3.8, 4) is 0 Å². The largest absolute Gasteiger partial charge is 0.390 e. The maximum atomic E-state index is 9.85. The molecule has 3 atom stereocenters. The molecule has 1 saturated carbocycles. The molecule has 0 heterocycles. The van der Waals surface area contributed by atoms with Gasteiger partial charge in [0.25, 0.3) is 0 Å². The molecule has 0 unspecified atom stereocenters. The Morgan fingerprint density at radius 2 is 2.00 bits per heavy atom. The lowest BCUT2D eigenvalue weighted by Gasteiger charge is -2.11. The predicted molar refractivity (Wildman–Crippen MR) is 54.7 cm³/mol. The summed E-state index contributed by atoms with van der Waals surface area (Å²) in [4.78, 5) is 0. The minimum Gasteiger partial charge on any atom is -0.390 e. The van der Waals surface area contributed by atoms with Crippen molar-refractivity contribution in [2.45, 2.75) is 31.5 Å². The second-order valence-corrected chi connectivity index (χ2v) is 4.42. The lowest BCUT2D eigenvalue weighted by Crippen LogP contribution is -2.07. The van der Waals surface area contributed by atoms with Gasteiger partial charge in [0.15, 0.2) is 0 Å². The highest BCUT2D eigenvalue weighted by Gasteiger charge is 2.48. The first kappa shape index (κ1) is 9.69. The van der Waals surface area contributed by atoms with Crippen molar-refractivity contribution in [2.75, 3.05) is 0 Å². The molecule has 76 valence electrons. The highest BCUT2D eigenvalue weighted by atomic mass is 16.3. The Bertz CT molecular complexity index is 305. The molecule has 2 N–H and O–H groups in total. The molecule has 0 bridgehead atoms. The molecule has 1 fully saturated rings. The molecule has 2 rings (SSSR count). The molecule has 2 nitrogen and oxygen atoms in total. The van der Waals surface area contributed by atoms with Crippen LogP contribution in [0.1, 0.15) is 31.4 Å². The minimum atomic E-state index is -0.532. The summed E-state index contributed by atoms with van der Waals surface area (Å²) < 4.78 is 0. The molecular formula is C12H16O2. The van der Waals surface area contributed by atoms with Gasteiger partial charge in [-0.25, -0.2) is 0 Å². The highest BCUT2D eigenvalue weighted by molar-refractivity contribution is 5.18. The second kappa shape index (κ2) is 3.37. The fourth-order valence-electron chi connectivity index (χ4n) is 1.86. The molecular weight excluding hydrogens is 176 g/mol. The molecule has 14 heavy (non-hydrogen) atoms. The third kappa shape index (κ3) is 1.97. The first-order chi connectivity index (χ1) is 6.59. The lowest BCUT2D eigenvalue weighted by atomic mass is 10.0. The topological polar surface area (TPSA) is 40.5 Å². The number of aliphatic hydroxyl groups is 2. The van der Waals surface area contributed by atoms with Gasteiger partial charge in [0.1, 0.15) is 0 Å². The Balaban J connectivity index is 1.94. The van der Waals surface area contributed by atoms with Crippen LogP contribution in [0.3, 0.4) is 0 Å². The Labute approximate surface area is 84.2 Å². The Morgan fingerprint density at radius 1 is 1.43 bits per heavy atom. The standard InChI is InChI=1S/C12H16O2/c1-12(14)8-10(12)7-11(13)9-5-3-2-4-6-9/h2-6,10-11,13-14H,7-8H2,1H3/t10-,11-,12+/m1/s1. The van der Waals surface area contributed by atoms with Crippen LogP contribution in [-0.2, 0) is 0 Å². The molecule has 0 saturated heterocycles. The summed E-state index contributed by atoms with van der Waals surface area (Å²) in [6, 6.07) is 9.61. The van der Waals surface area contributed by atoms with E-state index in [-0.39, 0.29) is 5.92 Å². The van der Waals surface area contributed by atoms with Crippen LogP contribution < -0.4 is 0 Å². The van der Waals surface area contributed by atoms with Gasteiger partial charge in [-0.1, -0.05) is 30.3 Å². The number of aliphatic hydroxyl groups excluding tert-OH is 1. The first-order valence-electron chi connectivity index (χ1n) is 5.05. The lowest BCUT2D eigenvalue weighted by molar-refractivity contribution is 0.114. The van der Waals surface area contributed by atoms with Crippen LogP contribution in [0, 0.1) is 5.92 Å². The van der Waals surface area contributed by atoms with Crippen molar-refractivity contribution in [2.24, 2.45) is 5.92 Å². The molecule has 0 aliphatic heterocycles. The average molecular weight is 192 g/mol. The predicted octanol–water partition coefficient (Wildman–Crippen LogP) is 1.88. The van der Waals surface area contributed by atoms with Crippen molar-refractivity contribution in [3.05, 3.63) is 35.9 Å². The van der Waals surface area contributed by atoms with E-state index in [2.05, 4.69) is 0 Å². The Hall–Kier alpha value is -0.860. The van der Waals surface area contributed by atoms with Gasteiger partial charge in [0.2, 0.25) is 0 Å². The third-order valence-corrected chi connectivity index (χ3v) is 3.07. The molecule has 0 radical (unpaired) electrons. The van der Waals surface area contributed by atoms with Crippen LogP contribution in [0.25, 0.3) is 0 Å². The van der Waals surface area contributed by atoms with Crippen LogP contribution in [-0.4, -0.2) is 15.8 Å². The zero-order chi connectivity index (χ0) is 10.2. The van der Waals surface area contributed by atoms with Crippen molar-refractivity contribution in [3.63, 3.8) is 0 Å². The minimum absolute atomic E-state index is 0.262. The number of benzene rings is 1. The summed E-state index contributed by atoms with van der Waals surface area (Å²) in [7, 11) is 0. The Morgan fingerprint density at radius 3 is 2.50 bits per heavy atom. The van der Waals surface area contributed by atoms with Crippen LogP contribution >= 0.6 is 0 Å². The second-order valence-electron chi connectivity index (χ2n) is 4.42. The van der Waals surface area contributed by atoms with E-state index in [1.807, 2.05) is 37.3 Å². The van der Waals surface area contributed by atoms with Crippen LogP contribution in [0.15, 0.2) is 30.3 Å². The SMILES string of the molecule is C[C@]1(O)C[C@H]1C[C@@H](O)c1ccccc1. The van der Waals surface area contributed by atoms with Gasteiger partial charge < -0.3 is 10.2 Å². The molecule has 1 aliphatic carbocycles. The van der Waals surface area contributed by atoms with Gasteiger partial charge in [0.05, 0.1) is 11.7 Å². The zero-order valence-electron chi connectivity index (χ0n) is 8.35. The number of hydrogen-bond acceptors (Lipinski definition) is 2. The van der Waals surface area contributed by atoms with Gasteiger partial charge in [0, 0.05) is 0 Å². The van der Waals surface area contributed by atoms with Crippen molar-refractivity contribution in [1.82, 2.24) is 0 Å². The summed E-state index contributed by atoms with van der Waals surface area (Å²) >= 11 is 0.